The first-order valence-electron chi connectivity index (χ1n) is 9.03. The number of aromatic nitrogens is 6. The average molecular weight is 368 g/mol. The minimum Gasteiger partial charge on any atom is -0.377 e. The maximum atomic E-state index is 5.58. The summed E-state index contributed by atoms with van der Waals surface area (Å²) in [4.78, 5) is 7.12. The summed E-state index contributed by atoms with van der Waals surface area (Å²) in [7, 11) is 1.90. The number of anilines is 3. The van der Waals surface area contributed by atoms with Crippen LogP contribution in [0.2, 0.25) is 0 Å². The third-order valence-electron chi connectivity index (χ3n) is 4.71. The molecule has 27 heavy (non-hydrogen) atoms. The van der Waals surface area contributed by atoms with E-state index in [0.717, 1.165) is 46.6 Å². The molecule has 2 N–H and O–H groups in total. The highest BCUT2D eigenvalue weighted by molar-refractivity contribution is 5.71. The van der Waals surface area contributed by atoms with E-state index >= 15 is 0 Å². The van der Waals surface area contributed by atoms with E-state index in [-0.39, 0.29) is 6.04 Å². The van der Waals surface area contributed by atoms with Gasteiger partial charge >= 0.3 is 0 Å². The number of rotatable bonds is 4. The van der Waals surface area contributed by atoms with Crippen LogP contribution in [-0.2, 0) is 11.8 Å². The van der Waals surface area contributed by atoms with Gasteiger partial charge in [-0.15, -0.1) is 5.10 Å². The number of ether oxygens (including phenoxy) is 1. The summed E-state index contributed by atoms with van der Waals surface area (Å²) >= 11 is 0. The van der Waals surface area contributed by atoms with Gasteiger partial charge in [-0.1, -0.05) is 5.21 Å². The van der Waals surface area contributed by atoms with Crippen LogP contribution in [0, 0.1) is 13.8 Å². The number of morpholine rings is 1. The van der Waals surface area contributed by atoms with E-state index in [1.807, 2.05) is 33.0 Å². The van der Waals surface area contributed by atoms with Crippen molar-refractivity contribution in [1.29, 1.82) is 0 Å². The monoisotopic (exact) mass is 368 g/mol. The lowest BCUT2D eigenvalue weighted by Gasteiger charge is -2.34. The third kappa shape index (κ3) is 3.50. The molecule has 1 aliphatic heterocycles. The second-order valence-corrected chi connectivity index (χ2v) is 6.91. The van der Waals surface area contributed by atoms with Gasteiger partial charge in [0.05, 0.1) is 36.3 Å². The molecule has 9 nitrogen and oxygen atoms in total. The molecule has 0 bridgehead atoms. The van der Waals surface area contributed by atoms with Gasteiger partial charge in [0, 0.05) is 25.2 Å². The van der Waals surface area contributed by atoms with Gasteiger partial charge in [0.15, 0.2) is 0 Å². The highest BCUT2D eigenvalue weighted by Crippen LogP contribution is 2.30. The molecule has 3 aromatic rings. The van der Waals surface area contributed by atoms with Crippen molar-refractivity contribution in [3.63, 3.8) is 0 Å². The molecule has 142 valence electrons. The molecule has 0 spiro atoms. The molecule has 4 heterocycles. The Hall–Kier alpha value is -2.94. The number of nitrogens with one attached hydrogen (secondary N) is 2. The Kier molecular flexibility index (Phi) is 4.53. The van der Waals surface area contributed by atoms with Crippen molar-refractivity contribution in [3.05, 3.63) is 29.6 Å². The van der Waals surface area contributed by atoms with E-state index < -0.39 is 0 Å². The van der Waals surface area contributed by atoms with Crippen LogP contribution in [0.1, 0.15) is 18.3 Å². The molecule has 1 atom stereocenters. The molecule has 0 saturated carbocycles. The first-order valence-corrected chi connectivity index (χ1v) is 9.03. The number of aryl methyl sites for hydroxylation is 3. The van der Waals surface area contributed by atoms with Crippen LogP contribution in [0.3, 0.4) is 0 Å². The standard InChI is InChI=1S/C18H24N8O/c1-11-7-16(23-21-11)19-15-8-14(18-13(3)22-24-25(18)4)9-17(20-15)26-5-6-27-10-12(26)2/h7-9,12H,5-6,10H2,1-4H3,(H2,19,20,21,23)/t12-/m1/s1. The summed E-state index contributed by atoms with van der Waals surface area (Å²) in [5.41, 5.74) is 3.79. The van der Waals surface area contributed by atoms with Crippen molar-refractivity contribution < 1.29 is 4.74 Å². The second kappa shape index (κ2) is 6.99. The number of hydrogen-bond donors (Lipinski definition) is 2. The normalized spacial score (nSPS) is 17.3. The van der Waals surface area contributed by atoms with Crippen LogP contribution in [-0.4, -0.2) is 56.0 Å². The van der Waals surface area contributed by atoms with Crippen LogP contribution >= 0.6 is 0 Å². The second-order valence-electron chi connectivity index (χ2n) is 6.91. The molecule has 0 amide bonds. The summed E-state index contributed by atoms with van der Waals surface area (Å²) in [6, 6.07) is 6.31. The van der Waals surface area contributed by atoms with Crippen molar-refractivity contribution in [3.8, 4) is 11.3 Å². The Morgan fingerprint density at radius 1 is 1.26 bits per heavy atom. The number of pyridine rings is 1. The van der Waals surface area contributed by atoms with Crippen LogP contribution < -0.4 is 10.2 Å². The minimum absolute atomic E-state index is 0.259. The van der Waals surface area contributed by atoms with Crippen molar-refractivity contribution >= 4 is 17.5 Å². The smallest absolute Gasteiger partial charge is 0.134 e. The number of H-pyrrole nitrogens is 1. The Balaban J connectivity index is 1.78. The van der Waals surface area contributed by atoms with Gasteiger partial charge in [0.2, 0.25) is 0 Å². The Morgan fingerprint density at radius 2 is 2.11 bits per heavy atom. The Labute approximate surface area is 157 Å². The van der Waals surface area contributed by atoms with Crippen LogP contribution in [0.15, 0.2) is 18.2 Å². The summed E-state index contributed by atoms with van der Waals surface area (Å²) in [5.74, 6) is 2.45. The van der Waals surface area contributed by atoms with E-state index in [0.29, 0.717) is 13.2 Å². The maximum absolute atomic E-state index is 5.58. The van der Waals surface area contributed by atoms with E-state index in [4.69, 9.17) is 9.72 Å². The molecule has 0 aromatic carbocycles. The van der Waals surface area contributed by atoms with E-state index in [1.54, 1.807) is 4.68 Å². The molecular formula is C18H24N8O. The van der Waals surface area contributed by atoms with Gasteiger partial charge in [-0.2, -0.15) is 5.10 Å². The van der Waals surface area contributed by atoms with Gasteiger partial charge < -0.3 is 15.0 Å². The molecule has 1 aliphatic rings. The van der Waals surface area contributed by atoms with Crippen LogP contribution in [0.5, 0.6) is 0 Å². The van der Waals surface area contributed by atoms with Crippen molar-refractivity contribution in [2.75, 3.05) is 30.0 Å². The zero-order valence-corrected chi connectivity index (χ0v) is 16.0. The predicted molar refractivity (Wildman–Crippen MR) is 103 cm³/mol. The summed E-state index contributed by atoms with van der Waals surface area (Å²) in [6.07, 6.45) is 0. The van der Waals surface area contributed by atoms with Gasteiger partial charge in [-0.05, 0) is 32.9 Å². The Morgan fingerprint density at radius 3 is 2.78 bits per heavy atom. The number of hydrogen-bond acceptors (Lipinski definition) is 7. The van der Waals surface area contributed by atoms with Crippen molar-refractivity contribution in [2.24, 2.45) is 7.05 Å². The third-order valence-corrected chi connectivity index (χ3v) is 4.71. The topological polar surface area (TPSA) is 96.8 Å². The van der Waals surface area contributed by atoms with Gasteiger partial charge in [0.25, 0.3) is 0 Å². The Bertz CT molecular complexity index is 927. The molecule has 4 rings (SSSR count). The lowest BCUT2D eigenvalue weighted by atomic mass is 10.1. The van der Waals surface area contributed by atoms with Gasteiger partial charge in [-0.25, -0.2) is 9.67 Å². The van der Waals surface area contributed by atoms with Crippen LogP contribution in [0.25, 0.3) is 11.3 Å². The molecule has 1 saturated heterocycles. The fourth-order valence-corrected chi connectivity index (χ4v) is 3.41. The zero-order chi connectivity index (χ0) is 19.0. The van der Waals surface area contributed by atoms with Crippen molar-refractivity contribution in [2.45, 2.75) is 26.8 Å². The highest BCUT2D eigenvalue weighted by Gasteiger charge is 2.22. The van der Waals surface area contributed by atoms with Gasteiger partial charge in [-0.3, -0.25) is 5.10 Å². The predicted octanol–water partition coefficient (Wildman–Crippen LogP) is 2.19. The summed E-state index contributed by atoms with van der Waals surface area (Å²) in [6.45, 7) is 8.26. The number of aromatic amines is 1. The number of nitrogens with zero attached hydrogens (tertiary/aromatic N) is 6. The molecule has 3 aromatic heterocycles. The highest BCUT2D eigenvalue weighted by atomic mass is 16.5. The van der Waals surface area contributed by atoms with E-state index in [2.05, 4.69) is 43.7 Å². The largest absolute Gasteiger partial charge is 0.377 e. The van der Waals surface area contributed by atoms with Crippen molar-refractivity contribution in [1.82, 2.24) is 30.2 Å². The molecule has 0 radical (unpaired) electrons. The fourth-order valence-electron chi connectivity index (χ4n) is 3.41. The summed E-state index contributed by atoms with van der Waals surface area (Å²) < 4.78 is 7.37. The maximum Gasteiger partial charge on any atom is 0.134 e. The fraction of sp³-hybridized carbons (Fsp3) is 0.444. The molecule has 1 fully saturated rings. The quantitative estimate of drug-likeness (QED) is 0.728. The summed E-state index contributed by atoms with van der Waals surface area (Å²) in [5, 5.41) is 18.8. The molecule has 0 aliphatic carbocycles. The minimum atomic E-state index is 0.259. The van der Waals surface area contributed by atoms with Gasteiger partial charge in [0.1, 0.15) is 17.5 Å². The van der Waals surface area contributed by atoms with E-state index in [9.17, 15) is 0 Å². The first-order chi connectivity index (χ1) is 13.0. The average Bonchev–Trinajstić information content (AvgIpc) is 3.20. The molecule has 0 unspecified atom stereocenters. The molecular weight excluding hydrogens is 344 g/mol. The SMILES string of the molecule is Cc1cc(Nc2cc(-c3c(C)nnn3C)cc(N3CCOC[C@H]3C)n2)[nH]n1. The lowest BCUT2D eigenvalue weighted by molar-refractivity contribution is 0.0985. The zero-order valence-electron chi connectivity index (χ0n) is 16.0. The van der Waals surface area contributed by atoms with E-state index in [1.165, 1.54) is 0 Å². The lowest BCUT2D eigenvalue weighted by Crippen LogP contribution is -2.44. The molecule has 9 heteroatoms. The van der Waals surface area contributed by atoms with Crippen LogP contribution in [0.4, 0.5) is 17.5 Å². The first kappa shape index (κ1) is 17.5.